The van der Waals surface area contributed by atoms with Gasteiger partial charge < -0.3 is 5.32 Å². The van der Waals surface area contributed by atoms with Crippen LogP contribution in [0.15, 0.2) is 102 Å². The number of nitrogens with zero attached hydrogens (tertiary/aromatic N) is 3. The van der Waals surface area contributed by atoms with E-state index in [2.05, 4.69) is 15.3 Å². The van der Waals surface area contributed by atoms with Crippen LogP contribution >= 0.6 is 0 Å². The maximum Gasteiger partial charge on any atom is 0.267 e. The average molecular weight is 432 g/mol. The van der Waals surface area contributed by atoms with E-state index in [1.165, 1.54) is 4.57 Å². The highest BCUT2D eigenvalue weighted by Crippen LogP contribution is 2.20. The predicted octanol–water partition coefficient (Wildman–Crippen LogP) is 5.01. The van der Waals surface area contributed by atoms with Crippen LogP contribution < -0.4 is 10.9 Å². The SMILES string of the molecule is Cc1nc2ncccc2c(=O)n1-c1ccc(NC(=O)c2ccc(-c3ccccc3)cc2)cc1. The lowest BCUT2D eigenvalue weighted by Gasteiger charge is -2.12. The highest BCUT2D eigenvalue weighted by atomic mass is 16.1. The summed E-state index contributed by atoms with van der Waals surface area (Å²) in [5, 5.41) is 3.36. The first kappa shape index (κ1) is 20.3. The smallest absolute Gasteiger partial charge is 0.267 e. The molecule has 1 amide bonds. The summed E-state index contributed by atoms with van der Waals surface area (Å²) < 4.78 is 1.54. The standard InChI is InChI=1S/C27H20N4O2/c1-18-29-25-24(8-5-17-28-25)27(33)31(18)23-15-13-22(14-16-23)30-26(32)21-11-9-20(10-12-21)19-6-3-2-4-7-19/h2-17H,1H3,(H,30,32). The number of aryl methyl sites for hydroxylation is 1. The number of carbonyl (C=O) groups excluding carboxylic acids is 1. The van der Waals surface area contributed by atoms with E-state index in [0.29, 0.717) is 33.8 Å². The first-order valence-corrected chi connectivity index (χ1v) is 10.5. The minimum Gasteiger partial charge on any atom is -0.322 e. The molecular weight excluding hydrogens is 412 g/mol. The van der Waals surface area contributed by atoms with Crippen molar-refractivity contribution in [3.8, 4) is 16.8 Å². The molecule has 6 heteroatoms. The van der Waals surface area contributed by atoms with Crippen molar-refractivity contribution in [2.75, 3.05) is 5.32 Å². The summed E-state index contributed by atoms with van der Waals surface area (Å²) in [5.41, 5.74) is 4.27. The van der Waals surface area contributed by atoms with Crippen LogP contribution in [-0.4, -0.2) is 20.4 Å². The molecule has 2 heterocycles. The van der Waals surface area contributed by atoms with Gasteiger partial charge >= 0.3 is 0 Å². The number of anilines is 1. The predicted molar refractivity (Wildman–Crippen MR) is 130 cm³/mol. The van der Waals surface area contributed by atoms with E-state index in [-0.39, 0.29) is 11.5 Å². The highest BCUT2D eigenvalue weighted by Gasteiger charge is 2.11. The van der Waals surface area contributed by atoms with E-state index in [9.17, 15) is 9.59 Å². The second kappa shape index (κ2) is 8.51. The van der Waals surface area contributed by atoms with Crippen molar-refractivity contribution in [3.63, 3.8) is 0 Å². The fourth-order valence-corrected chi connectivity index (χ4v) is 3.77. The Balaban J connectivity index is 1.36. The van der Waals surface area contributed by atoms with E-state index < -0.39 is 0 Å². The molecule has 5 rings (SSSR count). The average Bonchev–Trinajstić information content (AvgIpc) is 2.86. The summed E-state index contributed by atoms with van der Waals surface area (Å²) in [5.74, 6) is 0.343. The van der Waals surface area contributed by atoms with Crippen LogP contribution in [0.4, 0.5) is 5.69 Å². The zero-order valence-corrected chi connectivity index (χ0v) is 17.9. The molecule has 160 valence electrons. The molecule has 0 aliphatic rings. The van der Waals surface area contributed by atoms with Crippen molar-refractivity contribution in [2.45, 2.75) is 6.92 Å². The van der Waals surface area contributed by atoms with Gasteiger partial charge in [-0.3, -0.25) is 14.2 Å². The van der Waals surface area contributed by atoms with Crippen molar-refractivity contribution in [2.24, 2.45) is 0 Å². The monoisotopic (exact) mass is 432 g/mol. The molecule has 0 saturated carbocycles. The van der Waals surface area contributed by atoms with E-state index in [4.69, 9.17) is 0 Å². The molecule has 33 heavy (non-hydrogen) atoms. The molecule has 0 aliphatic heterocycles. The van der Waals surface area contributed by atoms with Crippen LogP contribution in [0.2, 0.25) is 0 Å². The van der Waals surface area contributed by atoms with Gasteiger partial charge in [0, 0.05) is 17.4 Å². The van der Waals surface area contributed by atoms with Crippen molar-refractivity contribution in [1.82, 2.24) is 14.5 Å². The number of benzene rings is 3. The largest absolute Gasteiger partial charge is 0.322 e. The number of nitrogens with one attached hydrogen (secondary N) is 1. The van der Waals surface area contributed by atoms with E-state index in [0.717, 1.165) is 11.1 Å². The first-order chi connectivity index (χ1) is 16.1. The number of hydrogen-bond donors (Lipinski definition) is 1. The van der Waals surface area contributed by atoms with Crippen LogP contribution in [-0.2, 0) is 0 Å². The maximum atomic E-state index is 12.9. The Morgan fingerprint density at radius 1 is 0.818 bits per heavy atom. The quantitative estimate of drug-likeness (QED) is 0.433. The third kappa shape index (κ3) is 4.02. The minimum atomic E-state index is -0.200. The van der Waals surface area contributed by atoms with Crippen LogP contribution in [0.3, 0.4) is 0 Å². The fourth-order valence-electron chi connectivity index (χ4n) is 3.77. The third-order valence-electron chi connectivity index (χ3n) is 5.45. The molecular formula is C27H20N4O2. The molecule has 2 aromatic heterocycles. The third-order valence-corrected chi connectivity index (χ3v) is 5.45. The summed E-state index contributed by atoms with van der Waals surface area (Å²) in [6.07, 6.45) is 1.62. The molecule has 0 aliphatic carbocycles. The topological polar surface area (TPSA) is 76.9 Å². The Morgan fingerprint density at radius 3 is 2.24 bits per heavy atom. The van der Waals surface area contributed by atoms with Gasteiger partial charge in [0.25, 0.3) is 11.5 Å². The second-order valence-corrected chi connectivity index (χ2v) is 7.62. The Labute approximate surface area is 190 Å². The van der Waals surface area contributed by atoms with E-state index in [1.54, 1.807) is 49.5 Å². The van der Waals surface area contributed by atoms with Crippen molar-refractivity contribution < 1.29 is 4.79 Å². The number of carbonyl (C=O) groups is 1. The van der Waals surface area contributed by atoms with Crippen LogP contribution in [0, 0.1) is 6.92 Å². The Hall–Kier alpha value is -4.58. The van der Waals surface area contributed by atoms with Crippen molar-refractivity contribution in [1.29, 1.82) is 0 Å². The van der Waals surface area contributed by atoms with Crippen LogP contribution in [0.1, 0.15) is 16.2 Å². The fraction of sp³-hybridized carbons (Fsp3) is 0.0370. The van der Waals surface area contributed by atoms with Crippen LogP contribution in [0.5, 0.6) is 0 Å². The molecule has 0 spiro atoms. The van der Waals surface area contributed by atoms with Crippen LogP contribution in [0.25, 0.3) is 27.8 Å². The van der Waals surface area contributed by atoms with Gasteiger partial charge in [-0.15, -0.1) is 0 Å². The van der Waals surface area contributed by atoms with Gasteiger partial charge in [-0.1, -0.05) is 42.5 Å². The molecule has 5 aromatic rings. The summed E-state index contributed by atoms with van der Waals surface area (Å²) >= 11 is 0. The van der Waals surface area contributed by atoms with E-state index >= 15 is 0 Å². The normalized spacial score (nSPS) is 10.8. The molecule has 3 aromatic carbocycles. The lowest BCUT2D eigenvalue weighted by atomic mass is 10.0. The lowest BCUT2D eigenvalue weighted by molar-refractivity contribution is 0.102. The molecule has 6 nitrogen and oxygen atoms in total. The molecule has 1 N–H and O–H groups in total. The Kier molecular flexibility index (Phi) is 5.24. The minimum absolute atomic E-state index is 0.180. The highest BCUT2D eigenvalue weighted by molar-refractivity contribution is 6.04. The van der Waals surface area contributed by atoms with Crippen molar-refractivity contribution >= 4 is 22.6 Å². The second-order valence-electron chi connectivity index (χ2n) is 7.62. The zero-order chi connectivity index (χ0) is 22.8. The number of pyridine rings is 1. The van der Waals surface area contributed by atoms with Gasteiger partial charge in [0.05, 0.1) is 11.1 Å². The maximum absolute atomic E-state index is 12.9. The van der Waals surface area contributed by atoms with Gasteiger partial charge in [0.1, 0.15) is 5.82 Å². The number of aromatic nitrogens is 3. The van der Waals surface area contributed by atoms with Crippen molar-refractivity contribution in [3.05, 3.63) is 119 Å². The molecule has 0 atom stereocenters. The lowest BCUT2D eigenvalue weighted by Crippen LogP contribution is -2.22. The number of amides is 1. The summed E-state index contributed by atoms with van der Waals surface area (Å²) in [7, 11) is 0. The number of hydrogen-bond acceptors (Lipinski definition) is 4. The molecule has 0 unspecified atom stereocenters. The Bertz CT molecular complexity index is 1510. The van der Waals surface area contributed by atoms with Gasteiger partial charge in [-0.25, -0.2) is 9.97 Å². The summed E-state index contributed by atoms with van der Waals surface area (Å²) in [6, 6.07) is 28.0. The zero-order valence-electron chi connectivity index (χ0n) is 17.9. The number of fused-ring (bicyclic) bond motifs is 1. The molecule has 0 radical (unpaired) electrons. The molecule has 0 fully saturated rings. The van der Waals surface area contributed by atoms with Gasteiger partial charge in [0.15, 0.2) is 5.65 Å². The molecule has 0 saturated heterocycles. The van der Waals surface area contributed by atoms with Gasteiger partial charge in [-0.2, -0.15) is 0 Å². The number of rotatable bonds is 4. The summed E-state index contributed by atoms with van der Waals surface area (Å²) in [4.78, 5) is 34.2. The Morgan fingerprint density at radius 2 is 1.52 bits per heavy atom. The summed E-state index contributed by atoms with van der Waals surface area (Å²) in [6.45, 7) is 1.77. The van der Waals surface area contributed by atoms with Gasteiger partial charge in [0.2, 0.25) is 0 Å². The van der Waals surface area contributed by atoms with E-state index in [1.807, 2.05) is 54.6 Å². The molecule has 0 bridgehead atoms. The first-order valence-electron chi connectivity index (χ1n) is 10.5. The van der Waals surface area contributed by atoms with Gasteiger partial charge in [-0.05, 0) is 66.6 Å².